The summed E-state index contributed by atoms with van der Waals surface area (Å²) in [4.78, 5) is 27.9. The molecule has 3 rings (SSSR count). The maximum Gasteiger partial charge on any atom is 0.264 e. The van der Waals surface area contributed by atoms with Gasteiger partial charge < -0.3 is 10.2 Å². The summed E-state index contributed by atoms with van der Waals surface area (Å²) in [6.07, 6.45) is 5.00. The summed E-state index contributed by atoms with van der Waals surface area (Å²) in [5.74, 6) is 0.476. The van der Waals surface area contributed by atoms with Crippen molar-refractivity contribution in [3.8, 4) is 0 Å². The smallest absolute Gasteiger partial charge is 0.264 e. The maximum atomic E-state index is 12.5. The van der Waals surface area contributed by atoms with E-state index in [9.17, 15) is 13.2 Å². The van der Waals surface area contributed by atoms with Crippen LogP contribution in [-0.2, 0) is 14.9 Å². The molecule has 1 aromatic heterocycles. The lowest BCUT2D eigenvalue weighted by Gasteiger charge is -2.32. The van der Waals surface area contributed by atoms with Crippen LogP contribution in [-0.4, -0.2) is 62.1 Å². The molecule has 2 aromatic rings. The van der Waals surface area contributed by atoms with Crippen LogP contribution in [0, 0.1) is 0 Å². The average molecular weight is 405 g/mol. The molecule has 10 heteroatoms. The fourth-order valence-corrected chi connectivity index (χ4v) is 3.95. The van der Waals surface area contributed by atoms with Crippen LogP contribution >= 0.6 is 0 Å². The van der Waals surface area contributed by atoms with E-state index >= 15 is 0 Å². The van der Waals surface area contributed by atoms with Gasteiger partial charge in [-0.3, -0.25) is 9.63 Å². The molecule has 9 nitrogen and oxygen atoms in total. The molecule has 28 heavy (non-hydrogen) atoms. The molecule has 1 amide bonds. The van der Waals surface area contributed by atoms with Crippen molar-refractivity contribution >= 4 is 21.9 Å². The third kappa shape index (κ3) is 4.46. The lowest BCUT2D eigenvalue weighted by atomic mass is 10.0. The number of aromatic nitrogens is 2. The number of anilines is 1. The largest absolute Gasteiger partial charge is 0.349 e. The van der Waals surface area contributed by atoms with Crippen molar-refractivity contribution in [2.75, 3.05) is 32.1 Å². The lowest BCUT2D eigenvalue weighted by Crippen LogP contribution is -2.45. The molecule has 150 valence electrons. The van der Waals surface area contributed by atoms with Crippen LogP contribution in [0.25, 0.3) is 0 Å². The van der Waals surface area contributed by atoms with Gasteiger partial charge >= 0.3 is 0 Å². The molecule has 1 aliphatic heterocycles. The molecular formula is C18H23N5O4S. The number of nitrogens with one attached hydrogen (secondary N) is 1. The molecule has 0 bridgehead atoms. The first-order chi connectivity index (χ1) is 13.4. The fourth-order valence-electron chi connectivity index (χ4n) is 2.97. The molecule has 1 fully saturated rings. The first-order valence-corrected chi connectivity index (χ1v) is 10.3. The second kappa shape index (κ2) is 8.63. The zero-order valence-corrected chi connectivity index (χ0v) is 16.6. The van der Waals surface area contributed by atoms with E-state index in [1.54, 1.807) is 18.5 Å². The van der Waals surface area contributed by atoms with Crippen LogP contribution < -0.4 is 10.2 Å². The predicted molar refractivity (Wildman–Crippen MR) is 103 cm³/mol. The minimum atomic E-state index is -3.73. The second-order valence-electron chi connectivity index (χ2n) is 6.41. The van der Waals surface area contributed by atoms with Gasteiger partial charge in [-0.05, 0) is 43.2 Å². The first kappa shape index (κ1) is 20.2. The van der Waals surface area contributed by atoms with E-state index in [-0.39, 0.29) is 16.8 Å². The fraction of sp³-hybridized carbons (Fsp3) is 0.389. The van der Waals surface area contributed by atoms with Crippen molar-refractivity contribution in [1.82, 2.24) is 19.8 Å². The number of hydrogen-bond donors (Lipinski definition) is 1. The van der Waals surface area contributed by atoms with Crippen molar-refractivity contribution in [2.45, 2.75) is 23.8 Å². The van der Waals surface area contributed by atoms with E-state index in [1.165, 1.54) is 38.4 Å². The van der Waals surface area contributed by atoms with Gasteiger partial charge in [0, 0.05) is 44.1 Å². The quantitative estimate of drug-likeness (QED) is 0.717. The van der Waals surface area contributed by atoms with Crippen molar-refractivity contribution in [2.24, 2.45) is 0 Å². The average Bonchev–Trinajstić information content (AvgIpc) is 2.74. The first-order valence-electron chi connectivity index (χ1n) is 8.88. The molecule has 1 aliphatic rings. The SMILES string of the molecule is CON(C)S(=O)(=O)c1ccc(C(=O)NC2CCN(c3ncccn3)CC2)cc1. The van der Waals surface area contributed by atoms with E-state index in [4.69, 9.17) is 4.84 Å². The molecule has 0 spiro atoms. The minimum Gasteiger partial charge on any atom is -0.349 e. The highest BCUT2D eigenvalue weighted by atomic mass is 32.2. The molecule has 2 heterocycles. The topological polar surface area (TPSA) is 105 Å². The van der Waals surface area contributed by atoms with Crippen molar-refractivity contribution in [1.29, 1.82) is 0 Å². The summed E-state index contributed by atoms with van der Waals surface area (Å²) in [5, 5.41) is 3.01. The Morgan fingerprint density at radius 1 is 1.18 bits per heavy atom. The van der Waals surface area contributed by atoms with E-state index < -0.39 is 10.0 Å². The van der Waals surface area contributed by atoms with E-state index in [1.807, 2.05) is 0 Å². The highest BCUT2D eigenvalue weighted by molar-refractivity contribution is 7.89. The lowest BCUT2D eigenvalue weighted by molar-refractivity contribution is -0.0258. The molecular weight excluding hydrogens is 382 g/mol. The summed E-state index contributed by atoms with van der Waals surface area (Å²) >= 11 is 0. The van der Waals surface area contributed by atoms with Gasteiger partial charge in [-0.15, -0.1) is 0 Å². The third-order valence-corrected chi connectivity index (χ3v) is 6.37. The highest BCUT2D eigenvalue weighted by Crippen LogP contribution is 2.17. The van der Waals surface area contributed by atoms with Crippen molar-refractivity contribution in [3.63, 3.8) is 0 Å². The molecule has 0 aliphatic carbocycles. The Labute approximate surface area is 164 Å². The maximum absolute atomic E-state index is 12.5. The van der Waals surface area contributed by atoms with Crippen LogP contribution in [0.15, 0.2) is 47.6 Å². The van der Waals surface area contributed by atoms with E-state index in [0.717, 1.165) is 30.4 Å². The number of hydroxylamine groups is 1. The number of nitrogens with zero attached hydrogens (tertiary/aromatic N) is 4. The Hall–Kier alpha value is -2.56. The normalized spacial score (nSPS) is 15.6. The number of hydrogen-bond acceptors (Lipinski definition) is 7. The van der Waals surface area contributed by atoms with Gasteiger partial charge in [-0.25, -0.2) is 18.4 Å². The molecule has 1 N–H and O–H groups in total. The van der Waals surface area contributed by atoms with Gasteiger partial charge in [0.2, 0.25) is 5.95 Å². The van der Waals surface area contributed by atoms with Crippen LogP contribution in [0.5, 0.6) is 0 Å². The monoisotopic (exact) mass is 405 g/mol. The van der Waals surface area contributed by atoms with Gasteiger partial charge in [0.1, 0.15) is 0 Å². The standard InChI is InChI=1S/C18H23N5O4S/c1-22(27-2)28(25,26)16-6-4-14(5-7-16)17(24)21-15-8-12-23(13-9-15)18-19-10-3-11-20-18/h3-7,10-11,15H,8-9,12-13H2,1-2H3,(H,21,24). The molecule has 1 saturated heterocycles. The predicted octanol–water partition coefficient (Wildman–Crippen LogP) is 1.06. The Kier molecular flexibility index (Phi) is 6.22. The van der Waals surface area contributed by atoms with Gasteiger partial charge in [0.15, 0.2) is 0 Å². The Bertz CT molecular complexity index is 897. The Morgan fingerprint density at radius 3 is 2.36 bits per heavy atom. The van der Waals surface area contributed by atoms with E-state index in [2.05, 4.69) is 20.2 Å². The second-order valence-corrected chi connectivity index (χ2v) is 8.34. The zero-order chi connectivity index (χ0) is 20.1. The third-order valence-electron chi connectivity index (χ3n) is 4.68. The van der Waals surface area contributed by atoms with E-state index in [0.29, 0.717) is 11.5 Å². The number of carbonyl (C=O) groups is 1. The van der Waals surface area contributed by atoms with Crippen molar-refractivity contribution in [3.05, 3.63) is 48.3 Å². The highest BCUT2D eigenvalue weighted by Gasteiger charge is 2.24. The van der Waals surface area contributed by atoms with Gasteiger partial charge in [0.05, 0.1) is 12.0 Å². The molecule has 0 unspecified atom stereocenters. The number of amides is 1. The molecule has 0 radical (unpaired) electrons. The molecule has 1 aromatic carbocycles. The molecule has 0 saturated carbocycles. The van der Waals surface area contributed by atoms with Crippen LogP contribution in [0.3, 0.4) is 0 Å². The van der Waals surface area contributed by atoms with Crippen LogP contribution in [0.2, 0.25) is 0 Å². The zero-order valence-electron chi connectivity index (χ0n) is 15.8. The Morgan fingerprint density at radius 2 is 1.79 bits per heavy atom. The van der Waals surface area contributed by atoms with Crippen LogP contribution in [0.1, 0.15) is 23.2 Å². The summed E-state index contributed by atoms with van der Waals surface area (Å²) in [7, 11) is -1.15. The number of sulfonamides is 1. The number of benzene rings is 1. The number of rotatable bonds is 6. The number of carbonyl (C=O) groups excluding carboxylic acids is 1. The summed E-state index contributed by atoms with van der Waals surface area (Å²) in [5.41, 5.74) is 0.410. The van der Waals surface area contributed by atoms with Crippen molar-refractivity contribution < 1.29 is 18.0 Å². The number of piperidine rings is 1. The van der Waals surface area contributed by atoms with Gasteiger partial charge in [0.25, 0.3) is 15.9 Å². The summed E-state index contributed by atoms with van der Waals surface area (Å²) in [6, 6.07) is 7.62. The van der Waals surface area contributed by atoms with Gasteiger partial charge in [-0.2, -0.15) is 0 Å². The summed E-state index contributed by atoms with van der Waals surface area (Å²) < 4.78 is 25.2. The Balaban J connectivity index is 1.57. The minimum absolute atomic E-state index is 0.0514. The molecule has 0 atom stereocenters. The van der Waals surface area contributed by atoms with Gasteiger partial charge in [-0.1, -0.05) is 4.47 Å². The summed E-state index contributed by atoms with van der Waals surface area (Å²) in [6.45, 7) is 1.52. The van der Waals surface area contributed by atoms with Crippen LogP contribution in [0.4, 0.5) is 5.95 Å².